The molecule has 1 aromatic carbocycles. The van der Waals surface area contributed by atoms with Crippen molar-refractivity contribution in [2.45, 2.75) is 25.4 Å². The molecule has 0 saturated carbocycles. The lowest BCUT2D eigenvalue weighted by atomic mass is 10.2. The summed E-state index contributed by atoms with van der Waals surface area (Å²) in [4.78, 5) is 12.6. The van der Waals surface area contributed by atoms with Crippen LogP contribution in [0.25, 0.3) is 0 Å². The molecule has 1 aromatic rings. The fraction of sp³-hybridized carbons (Fsp3) is 0.533. The summed E-state index contributed by atoms with van der Waals surface area (Å²) in [6.45, 7) is 2.20. The number of nitrogens with zero attached hydrogens (tertiary/aromatic N) is 1. The van der Waals surface area contributed by atoms with Crippen LogP contribution in [0.2, 0.25) is 0 Å². The van der Waals surface area contributed by atoms with Crippen LogP contribution in [-0.4, -0.2) is 48.8 Å². The van der Waals surface area contributed by atoms with E-state index in [4.69, 9.17) is 14.6 Å². The topological polar surface area (TPSA) is 59.0 Å². The van der Waals surface area contributed by atoms with Crippen molar-refractivity contribution in [2.75, 3.05) is 26.7 Å². The van der Waals surface area contributed by atoms with Gasteiger partial charge in [-0.1, -0.05) is 12.1 Å². The fourth-order valence-corrected chi connectivity index (χ4v) is 2.25. The molecule has 1 N–H and O–H groups in total. The molecule has 1 aliphatic heterocycles. The highest BCUT2D eigenvalue weighted by Gasteiger charge is 2.21. The molecule has 0 aliphatic carbocycles. The molecule has 0 fully saturated rings. The van der Waals surface area contributed by atoms with Gasteiger partial charge in [-0.2, -0.15) is 0 Å². The maximum atomic E-state index is 10.4. The van der Waals surface area contributed by atoms with Gasteiger partial charge in [-0.3, -0.25) is 4.79 Å². The average molecular weight is 279 g/mol. The van der Waals surface area contributed by atoms with Crippen LogP contribution in [0.1, 0.15) is 19.3 Å². The first kappa shape index (κ1) is 14.7. The van der Waals surface area contributed by atoms with Crippen molar-refractivity contribution in [3.05, 3.63) is 24.3 Å². The normalized spacial score (nSPS) is 17.2. The predicted octanol–water partition coefficient (Wildman–Crippen LogP) is 2.01. The van der Waals surface area contributed by atoms with Crippen molar-refractivity contribution in [3.8, 4) is 11.5 Å². The third-order valence-corrected chi connectivity index (χ3v) is 3.26. The van der Waals surface area contributed by atoms with Crippen LogP contribution in [-0.2, 0) is 4.79 Å². The van der Waals surface area contributed by atoms with Crippen molar-refractivity contribution in [1.82, 2.24) is 4.90 Å². The number of carbonyl (C=O) groups is 1. The Labute approximate surface area is 119 Å². The third-order valence-electron chi connectivity index (χ3n) is 3.26. The Kier molecular flexibility index (Phi) is 5.24. The molecule has 20 heavy (non-hydrogen) atoms. The van der Waals surface area contributed by atoms with E-state index in [9.17, 15) is 4.79 Å². The molecule has 1 heterocycles. The summed E-state index contributed by atoms with van der Waals surface area (Å²) in [5.74, 6) is 0.865. The smallest absolute Gasteiger partial charge is 0.303 e. The molecular formula is C15H21NO4. The summed E-state index contributed by atoms with van der Waals surface area (Å²) >= 11 is 0. The van der Waals surface area contributed by atoms with Crippen molar-refractivity contribution >= 4 is 5.97 Å². The Balaban J connectivity index is 1.70. The lowest BCUT2D eigenvalue weighted by Gasteiger charge is -2.29. The number of unbranched alkanes of at least 4 members (excludes halogenated alkanes) is 1. The lowest BCUT2D eigenvalue weighted by Crippen LogP contribution is -2.39. The van der Waals surface area contributed by atoms with Crippen LogP contribution < -0.4 is 9.47 Å². The number of para-hydroxylation sites is 2. The second kappa shape index (κ2) is 7.14. The number of aliphatic carboxylic acids is 1. The Hall–Kier alpha value is -1.75. The SMILES string of the molecule is CN(CCCCC(=O)O)CC1COc2ccccc2O1. The maximum absolute atomic E-state index is 10.4. The van der Waals surface area contributed by atoms with Gasteiger partial charge in [0.15, 0.2) is 11.5 Å². The van der Waals surface area contributed by atoms with E-state index in [0.717, 1.165) is 31.0 Å². The second-order valence-electron chi connectivity index (χ2n) is 5.11. The number of benzene rings is 1. The van der Waals surface area contributed by atoms with Gasteiger partial charge in [0.25, 0.3) is 0 Å². The molecule has 1 atom stereocenters. The van der Waals surface area contributed by atoms with Gasteiger partial charge in [-0.25, -0.2) is 0 Å². The third kappa shape index (κ3) is 4.42. The van der Waals surface area contributed by atoms with Gasteiger partial charge in [-0.05, 0) is 38.6 Å². The van der Waals surface area contributed by atoms with E-state index in [1.165, 1.54) is 0 Å². The Morgan fingerprint density at radius 1 is 1.35 bits per heavy atom. The van der Waals surface area contributed by atoms with Crippen LogP contribution in [0, 0.1) is 0 Å². The van der Waals surface area contributed by atoms with Crippen LogP contribution in [0.15, 0.2) is 24.3 Å². The molecule has 0 amide bonds. The second-order valence-corrected chi connectivity index (χ2v) is 5.11. The molecule has 1 aliphatic rings. The highest BCUT2D eigenvalue weighted by Crippen LogP contribution is 2.30. The number of hydrogen-bond acceptors (Lipinski definition) is 4. The number of rotatable bonds is 7. The van der Waals surface area contributed by atoms with Crippen LogP contribution >= 0.6 is 0 Å². The molecule has 0 bridgehead atoms. The minimum absolute atomic E-state index is 0.0226. The number of ether oxygens (including phenoxy) is 2. The van der Waals surface area contributed by atoms with E-state index in [2.05, 4.69) is 4.90 Å². The van der Waals surface area contributed by atoms with Crippen molar-refractivity contribution < 1.29 is 19.4 Å². The molecule has 0 saturated heterocycles. The monoisotopic (exact) mass is 279 g/mol. The first-order valence-corrected chi connectivity index (χ1v) is 6.94. The largest absolute Gasteiger partial charge is 0.486 e. The van der Waals surface area contributed by atoms with Gasteiger partial charge in [0, 0.05) is 13.0 Å². The van der Waals surface area contributed by atoms with E-state index in [1.54, 1.807) is 0 Å². The zero-order chi connectivity index (χ0) is 14.4. The molecule has 0 aromatic heterocycles. The quantitative estimate of drug-likeness (QED) is 0.774. The van der Waals surface area contributed by atoms with E-state index < -0.39 is 5.97 Å². The first-order valence-electron chi connectivity index (χ1n) is 6.94. The minimum Gasteiger partial charge on any atom is -0.486 e. The number of fused-ring (bicyclic) bond motifs is 1. The van der Waals surface area contributed by atoms with Gasteiger partial charge in [0.2, 0.25) is 0 Å². The Bertz CT molecular complexity index is 449. The van der Waals surface area contributed by atoms with Crippen LogP contribution in [0.5, 0.6) is 11.5 Å². The van der Waals surface area contributed by atoms with Crippen LogP contribution in [0.3, 0.4) is 0 Å². The average Bonchev–Trinajstić information content (AvgIpc) is 2.43. The predicted molar refractivity (Wildman–Crippen MR) is 75.3 cm³/mol. The highest BCUT2D eigenvalue weighted by atomic mass is 16.6. The van der Waals surface area contributed by atoms with E-state index in [1.807, 2.05) is 31.3 Å². The standard InChI is InChI=1S/C15H21NO4/c1-16(9-5-4-8-15(17)18)10-12-11-19-13-6-2-3-7-14(13)20-12/h2-3,6-7,12H,4-5,8-11H2,1H3,(H,17,18). The number of hydrogen-bond donors (Lipinski definition) is 1. The summed E-state index contributed by atoms with van der Waals surface area (Å²) in [7, 11) is 2.02. The Morgan fingerprint density at radius 3 is 2.85 bits per heavy atom. The molecule has 1 unspecified atom stereocenters. The highest BCUT2D eigenvalue weighted by molar-refractivity contribution is 5.66. The van der Waals surface area contributed by atoms with E-state index in [-0.39, 0.29) is 12.5 Å². The van der Waals surface area contributed by atoms with Crippen molar-refractivity contribution in [1.29, 1.82) is 0 Å². The van der Waals surface area contributed by atoms with Gasteiger partial charge >= 0.3 is 5.97 Å². The van der Waals surface area contributed by atoms with Gasteiger partial charge in [-0.15, -0.1) is 0 Å². The van der Waals surface area contributed by atoms with E-state index in [0.29, 0.717) is 13.0 Å². The summed E-state index contributed by atoms with van der Waals surface area (Å²) in [6.07, 6.45) is 1.86. The van der Waals surface area contributed by atoms with Gasteiger partial charge in [0.05, 0.1) is 0 Å². The van der Waals surface area contributed by atoms with Crippen LogP contribution in [0.4, 0.5) is 0 Å². The van der Waals surface area contributed by atoms with Crippen molar-refractivity contribution in [3.63, 3.8) is 0 Å². The molecule has 5 heteroatoms. The summed E-state index contributed by atoms with van der Waals surface area (Å²) in [6, 6.07) is 7.67. The zero-order valence-electron chi connectivity index (χ0n) is 11.7. The molecule has 0 spiro atoms. The van der Waals surface area contributed by atoms with Crippen molar-refractivity contribution in [2.24, 2.45) is 0 Å². The Morgan fingerprint density at radius 2 is 2.10 bits per heavy atom. The molecule has 0 radical (unpaired) electrons. The fourth-order valence-electron chi connectivity index (χ4n) is 2.25. The molecule has 5 nitrogen and oxygen atoms in total. The molecular weight excluding hydrogens is 258 g/mol. The van der Waals surface area contributed by atoms with Gasteiger partial charge in [0.1, 0.15) is 12.7 Å². The number of likely N-dealkylation sites (N-methyl/N-ethyl adjacent to an activating group) is 1. The summed E-state index contributed by atoms with van der Waals surface area (Å²) in [5, 5.41) is 8.58. The first-order chi connectivity index (χ1) is 9.65. The molecule has 110 valence electrons. The van der Waals surface area contributed by atoms with Gasteiger partial charge < -0.3 is 19.5 Å². The number of carboxylic acid groups (broad SMARTS) is 1. The minimum atomic E-state index is -0.728. The zero-order valence-corrected chi connectivity index (χ0v) is 11.7. The van der Waals surface area contributed by atoms with E-state index >= 15 is 0 Å². The maximum Gasteiger partial charge on any atom is 0.303 e. The number of carboxylic acids is 1. The summed E-state index contributed by atoms with van der Waals surface area (Å²) < 4.78 is 11.6. The lowest BCUT2D eigenvalue weighted by molar-refractivity contribution is -0.137. The molecule has 2 rings (SSSR count). The summed E-state index contributed by atoms with van der Waals surface area (Å²) in [5.41, 5.74) is 0.